The van der Waals surface area contributed by atoms with Crippen LogP contribution in [0.4, 0.5) is 0 Å². The van der Waals surface area contributed by atoms with Gasteiger partial charge in [-0.15, -0.1) is 0 Å². The van der Waals surface area contributed by atoms with E-state index in [9.17, 15) is 9.59 Å². The highest BCUT2D eigenvalue weighted by Crippen LogP contribution is 2.10. The molecule has 0 saturated carbocycles. The molecule has 4 heteroatoms. The number of nitrogens with one attached hydrogen (secondary N) is 2. The van der Waals surface area contributed by atoms with Crippen LogP contribution in [0.1, 0.15) is 59.8 Å². The molecule has 2 atom stereocenters. The Labute approximate surface area is 105 Å². The molecular weight excluding hydrogens is 216 g/mol. The summed E-state index contributed by atoms with van der Waals surface area (Å²) in [7, 11) is 0. The van der Waals surface area contributed by atoms with Crippen LogP contribution >= 0.6 is 0 Å². The molecule has 0 spiro atoms. The summed E-state index contributed by atoms with van der Waals surface area (Å²) >= 11 is 0. The molecule has 0 aromatic carbocycles. The summed E-state index contributed by atoms with van der Waals surface area (Å²) in [4.78, 5) is 22.2. The molecule has 0 fully saturated rings. The molecule has 2 unspecified atom stereocenters. The lowest BCUT2D eigenvalue weighted by molar-refractivity contribution is -0.119. The molecule has 0 aliphatic heterocycles. The molecule has 0 aliphatic rings. The third-order valence-electron chi connectivity index (χ3n) is 2.66. The molecule has 0 radical (unpaired) electrons. The molecule has 0 aromatic heterocycles. The van der Waals surface area contributed by atoms with Gasteiger partial charge in [0.25, 0.3) is 0 Å². The van der Waals surface area contributed by atoms with Gasteiger partial charge in [0.2, 0.25) is 11.8 Å². The van der Waals surface area contributed by atoms with Crippen molar-refractivity contribution >= 4 is 11.8 Å². The zero-order valence-electron chi connectivity index (χ0n) is 11.5. The van der Waals surface area contributed by atoms with Crippen LogP contribution in [0.15, 0.2) is 0 Å². The first-order valence-electron chi connectivity index (χ1n) is 6.53. The van der Waals surface area contributed by atoms with Crippen molar-refractivity contribution in [3.63, 3.8) is 0 Å². The fourth-order valence-corrected chi connectivity index (χ4v) is 2.11. The Morgan fingerprint density at radius 1 is 0.882 bits per heavy atom. The second-order valence-corrected chi connectivity index (χ2v) is 4.61. The largest absolute Gasteiger partial charge is 0.354 e. The summed E-state index contributed by atoms with van der Waals surface area (Å²) in [5.41, 5.74) is 0. The molecule has 17 heavy (non-hydrogen) atoms. The number of hydrogen-bond acceptors (Lipinski definition) is 2. The van der Waals surface area contributed by atoms with E-state index < -0.39 is 0 Å². The van der Waals surface area contributed by atoms with Crippen molar-refractivity contribution in [2.75, 3.05) is 0 Å². The number of carbonyl (C=O) groups is 2. The SMILES string of the molecule is CCCC(CC(CCC)NC(C)=O)NC(C)=O. The first kappa shape index (κ1) is 15.9. The molecule has 4 nitrogen and oxygen atoms in total. The van der Waals surface area contributed by atoms with Crippen molar-refractivity contribution < 1.29 is 9.59 Å². The van der Waals surface area contributed by atoms with Crippen molar-refractivity contribution in [3.8, 4) is 0 Å². The average Bonchev–Trinajstić information content (AvgIpc) is 2.16. The number of amides is 2. The summed E-state index contributed by atoms with van der Waals surface area (Å²) in [6.45, 7) is 7.27. The Morgan fingerprint density at radius 3 is 1.47 bits per heavy atom. The van der Waals surface area contributed by atoms with Gasteiger partial charge in [0.1, 0.15) is 0 Å². The van der Waals surface area contributed by atoms with Gasteiger partial charge in [-0.05, 0) is 19.3 Å². The average molecular weight is 242 g/mol. The summed E-state index contributed by atoms with van der Waals surface area (Å²) in [5, 5.41) is 5.91. The van der Waals surface area contributed by atoms with Gasteiger partial charge >= 0.3 is 0 Å². The van der Waals surface area contributed by atoms with E-state index in [0.29, 0.717) is 0 Å². The number of hydrogen-bond donors (Lipinski definition) is 2. The third kappa shape index (κ3) is 8.72. The van der Waals surface area contributed by atoms with Crippen LogP contribution < -0.4 is 10.6 Å². The van der Waals surface area contributed by atoms with Gasteiger partial charge in [-0.1, -0.05) is 26.7 Å². The number of rotatable bonds is 8. The lowest BCUT2D eigenvalue weighted by atomic mass is 9.99. The maximum Gasteiger partial charge on any atom is 0.217 e. The predicted octanol–water partition coefficient (Wildman–Crippen LogP) is 1.99. The second-order valence-electron chi connectivity index (χ2n) is 4.61. The first-order valence-corrected chi connectivity index (χ1v) is 6.53. The quantitative estimate of drug-likeness (QED) is 0.684. The normalized spacial score (nSPS) is 13.9. The van der Waals surface area contributed by atoms with E-state index in [1.54, 1.807) is 0 Å². The molecule has 0 heterocycles. The van der Waals surface area contributed by atoms with Crippen molar-refractivity contribution in [3.05, 3.63) is 0 Å². The Balaban J connectivity index is 4.31. The monoisotopic (exact) mass is 242 g/mol. The first-order chi connectivity index (χ1) is 7.99. The molecule has 2 amide bonds. The van der Waals surface area contributed by atoms with Crippen molar-refractivity contribution in [1.82, 2.24) is 10.6 Å². The summed E-state index contributed by atoms with van der Waals surface area (Å²) in [6.07, 6.45) is 4.80. The summed E-state index contributed by atoms with van der Waals surface area (Å²) in [5.74, 6) is 0.00282. The predicted molar refractivity (Wildman–Crippen MR) is 69.6 cm³/mol. The Bertz CT molecular complexity index is 218. The molecule has 0 aliphatic carbocycles. The molecule has 0 aromatic rings. The van der Waals surface area contributed by atoms with Gasteiger partial charge < -0.3 is 10.6 Å². The zero-order chi connectivity index (χ0) is 13.3. The summed E-state index contributed by atoms with van der Waals surface area (Å²) < 4.78 is 0. The fourth-order valence-electron chi connectivity index (χ4n) is 2.11. The van der Waals surface area contributed by atoms with E-state index in [2.05, 4.69) is 24.5 Å². The summed E-state index contributed by atoms with van der Waals surface area (Å²) in [6, 6.07) is 0.335. The zero-order valence-corrected chi connectivity index (χ0v) is 11.5. The minimum Gasteiger partial charge on any atom is -0.354 e. The standard InChI is InChI=1S/C13H26N2O2/c1-5-7-12(14-10(3)16)9-13(8-6-2)15-11(4)17/h12-13H,5-9H2,1-4H3,(H,14,16)(H,15,17). The molecule has 100 valence electrons. The Hall–Kier alpha value is -1.06. The Kier molecular flexibility index (Phi) is 8.46. The highest BCUT2D eigenvalue weighted by molar-refractivity contribution is 5.73. The van der Waals surface area contributed by atoms with E-state index in [-0.39, 0.29) is 23.9 Å². The van der Waals surface area contributed by atoms with Gasteiger partial charge in [-0.3, -0.25) is 9.59 Å². The van der Waals surface area contributed by atoms with Crippen molar-refractivity contribution in [2.45, 2.75) is 71.9 Å². The van der Waals surface area contributed by atoms with Crippen LogP contribution in [0.5, 0.6) is 0 Å². The van der Waals surface area contributed by atoms with Gasteiger partial charge in [0.05, 0.1) is 0 Å². The lowest BCUT2D eigenvalue weighted by Gasteiger charge is -2.24. The lowest BCUT2D eigenvalue weighted by Crippen LogP contribution is -2.41. The van der Waals surface area contributed by atoms with Gasteiger partial charge in [0.15, 0.2) is 0 Å². The number of carbonyl (C=O) groups excluding carboxylic acids is 2. The van der Waals surface area contributed by atoms with Crippen LogP contribution in [-0.4, -0.2) is 23.9 Å². The second kappa shape index (κ2) is 9.02. The third-order valence-corrected chi connectivity index (χ3v) is 2.66. The fraction of sp³-hybridized carbons (Fsp3) is 0.846. The molecule has 0 bridgehead atoms. The molecule has 2 N–H and O–H groups in total. The van der Waals surface area contributed by atoms with E-state index in [1.807, 2.05) is 0 Å². The van der Waals surface area contributed by atoms with E-state index in [1.165, 1.54) is 13.8 Å². The Morgan fingerprint density at radius 2 is 1.24 bits per heavy atom. The molecule has 0 rings (SSSR count). The van der Waals surface area contributed by atoms with E-state index in [4.69, 9.17) is 0 Å². The smallest absolute Gasteiger partial charge is 0.217 e. The van der Waals surface area contributed by atoms with Crippen LogP contribution in [0.3, 0.4) is 0 Å². The van der Waals surface area contributed by atoms with Crippen LogP contribution in [0, 0.1) is 0 Å². The highest BCUT2D eigenvalue weighted by atomic mass is 16.2. The van der Waals surface area contributed by atoms with Crippen molar-refractivity contribution in [1.29, 1.82) is 0 Å². The van der Waals surface area contributed by atoms with Crippen LogP contribution in [0.25, 0.3) is 0 Å². The van der Waals surface area contributed by atoms with E-state index >= 15 is 0 Å². The van der Waals surface area contributed by atoms with Crippen LogP contribution in [0.2, 0.25) is 0 Å². The van der Waals surface area contributed by atoms with Crippen molar-refractivity contribution in [2.24, 2.45) is 0 Å². The maximum absolute atomic E-state index is 11.1. The molecular formula is C13H26N2O2. The van der Waals surface area contributed by atoms with Gasteiger partial charge in [-0.25, -0.2) is 0 Å². The topological polar surface area (TPSA) is 58.2 Å². The van der Waals surface area contributed by atoms with Gasteiger partial charge in [0, 0.05) is 25.9 Å². The van der Waals surface area contributed by atoms with Crippen LogP contribution in [-0.2, 0) is 9.59 Å². The maximum atomic E-state index is 11.1. The highest BCUT2D eigenvalue weighted by Gasteiger charge is 2.16. The van der Waals surface area contributed by atoms with E-state index in [0.717, 1.165) is 32.1 Å². The minimum atomic E-state index is 0.00141. The minimum absolute atomic E-state index is 0.00141. The van der Waals surface area contributed by atoms with Gasteiger partial charge in [-0.2, -0.15) is 0 Å². The molecule has 0 saturated heterocycles.